The maximum Gasteiger partial charge on any atom is 0.416 e. The number of rotatable bonds is 3. The molecule has 136 valence electrons. The van der Waals surface area contributed by atoms with Crippen molar-refractivity contribution in [2.75, 3.05) is 12.0 Å². The zero-order valence-corrected chi connectivity index (χ0v) is 14.2. The van der Waals surface area contributed by atoms with E-state index in [1.54, 1.807) is 12.1 Å². The maximum absolute atomic E-state index is 12.7. The quantitative estimate of drug-likeness (QED) is 0.678. The van der Waals surface area contributed by atoms with Crippen molar-refractivity contribution in [3.63, 3.8) is 0 Å². The molecule has 0 bridgehead atoms. The second kappa shape index (κ2) is 6.13. The van der Waals surface area contributed by atoms with Crippen LogP contribution in [-0.2, 0) is 16.0 Å². The monoisotopic (exact) mass is 382 g/mol. The summed E-state index contributed by atoms with van der Waals surface area (Å²) in [6.45, 7) is 0. The van der Waals surface area contributed by atoms with E-state index in [-0.39, 0.29) is 22.0 Å². The molecule has 0 saturated carbocycles. The van der Waals surface area contributed by atoms with E-state index in [1.807, 2.05) is 0 Å². The number of aromatic nitrogens is 3. The van der Waals surface area contributed by atoms with Gasteiger partial charge in [0.05, 0.1) is 10.5 Å². The molecular formula is C16H13F3N4O2S. The molecule has 0 aliphatic heterocycles. The second-order valence-corrected chi connectivity index (χ2v) is 7.63. The number of nitrogens with one attached hydrogen (secondary N) is 1. The summed E-state index contributed by atoms with van der Waals surface area (Å²) < 4.78 is 61.1. The van der Waals surface area contributed by atoms with Crippen LogP contribution in [0.4, 0.5) is 18.9 Å². The Bertz CT molecular complexity index is 1060. The third-order valence-electron chi connectivity index (χ3n) is 3.68. The highest BCUT2D eigenvalue weighted by Gasteiger charge is 2.31. The van der Waals surface area contributed by atoms with Crippen molar-refractivity contribution in [3.8, 4) is 22.8 Å². The van der Waals surface area contributed by atoms with E-state index in [1.165, 1.54) is 18.2 Å². The zero-order chi connectivity index (χ0) is 19.1. The lowest BCUT2D eigenvalue weighted by Gasteiger charge is -2.09. The van der Waals surface area contributed by atoms with E-state index in [0.29, 0.717) is 11.4 Å². The summed E-state index contributed by atoms with van der Waals surface area (Å²) in [5, 5.41) is 7.84. The highest BCUT2D eigenvalue weighted by Crippen LogP contribution is 2.34. The molecule has 0 spiro atoms. The van der Waals surface area contributed by atoms with Gasteiger partial charge in [-0.2, -0.15) is 13.2 Å². The fourth-order valence-corrected chi connectivity index (χ4v) is 2.96. The number of aromatic amines is 1. The van der Waals surface area contributed by atoms with E-state index >= 15 is 0 Å². The summed E-state index contributed by atoms with van der Waals surface area (Å²) >= 11 is 0. The Labute approximate surface area is 146 Å². The Balaban J connectivity index is 1.93. The van der Waals surface area contributed by atoms with E-state index in [9.17, 15) is 21.6 Å². The topological polar surface area (TPSA) is 102 Å². The fourth-order valence-electron chi connectivity index (χ4n) is 2.33. The Morgan fingerprint density at radius 2 is 1.62 bits per heavy atom. The van der Waals surface area contributed by atoms with Gasteiger partial charge < -0.3 is 10.7 Å². The van der Waals surface area contributed by atoms with E-state index in [0.717, 1.165) is 18.4 Å². The predicted molar refractivity (Wildman–Crippen MR) is 89.8 cm³/mol. The van der Waals surface area contributed by atoms with Gasteiger partial charge in [0.1, 0.15) is 0 Å². The van der Waals surface area contributed by atoms with Crippen LogP contribution in [0.1, 0.15) is 5.56 Å². The van der Waals surface area contributed by atoms with E-state index in [2.05, 4.69) is 15.2 Å². The van der Waals surface area contributed by atoms with Crippen LogP contribution < -0.4 is 5.73 Å². The number of hydrogen-bond acceptors (Lipinski definition) is 5. The van der Waals surface area contributed by atoms with Gasteiger partial charge >= 0.3 is 6.18 Å². The van der Waals surface area contributed by atoms with E-state index in [4.69, 9.17) is 5.73 Å². The third kappa shape index (κ3) is 3.54. The second-order valence-electron chi connectivity index (χ2n) is 5.62. The summed E-state index contributed by atoms with van der Waals surface area (Å²) in [6.07, 6.45) is -3.39. The Hall–Kier alpha value is -2.88. The molecule has 3 aromatic rings. The van der Waals surface area contributed by atoms with Gasteiger partial charge in [-0.1, -0.05) is 0 Å². The largest absolute Gasteiger partial charge is 0.416 e. The van der Waals surface area contributed by atoms with Gasteiger partial charge in [0.25, 0.3) is 0 Å². The number of sulfone groups is 1. The van der Waals surface area contributed by atoms with Crippen molar-refractivity contribution in [1.82, 2.24) is 15.2 Å². The van der Waals surface area contributed by atoms with Crippen LogP contribution in [0.3, 0.4) is 0 Å². The van der Waals surface area contributed by atoms with Crippen LogP contribution in [0.25, 0.3) is 22.8 Å². The Morgan fingerprint density at radius 1 is 1.00 bits per heavy atom. The van der Waals surface area contributed by atoms with Crippen LogP contribution in [-0.4, -0.2) is 29.9 Å². The SMILES string of the molecule is CS(=O)(=O)c1ccc(-c2nnc(-c3ccc(C(F)(F)F)cc3N)[nH]2)cc1. The first-order valence-electron chi connectivity index (χ1n) is 7.26. The minimum atomic E-state index is -4.49. The van der Waals surface area contributed by atoms with Gasteiger partial charge in [0, 0.05) is 23.1 Å². The molecule has 0 radical (unpaired) electrons. The predicted octanol–water partition coefficient (Wildman–Crippen LogP) is 3.14. The summed E-state index contributed by atoms with van der Waals surface area (Å²) in [4.78, 5) is 3.03. The van der Waals surface area contributed by atoms with E-state index < -0.39 is 21.6 Å². The standard InChI is InChI=1S/C16H13F3N4O2S/c1-26(24,25)11-5-2-9(3-6-11)14-21-15(23-22-14)12-7-4-10(8-13(12)20)16(17,18)19/h2-8H,20H2,1H3,(H,21,22,23). The van der Waals surface area contributed by atoms with Gasteiger partial charge in [-0.3, -0.25) is 0 Å². The highest BCUT2D eigenvalue weighted by molar-refractivity contribution is 7.90. The number of alkyl halides is 3. The lowest BCUT2D eigenvalue weighted by Crippen LogP contribution is -2.06. The lowest BCUT2D eigenvalue weighted by atomic mass is 10.1. The van der Waals surface area contributed by atoms with Crippen LogP contribution in [0.5, 0.6) is 0 Å². The van der Waals surface area contributed by atoms with Crippen molar-refractivity contribution in [3.05, 3.63) is 48.0 Å². The third-order valence-corrected chi connectivity index (χ3v) is 4.81. The molecule has 26 heavy (non-hydrogen) atoms. The van der Waals surface area contributed by atoms with Crippen molar-refractivity contribution >= 4 is 15.5 Å². The van der Waals surface area contributed by atoms with Crippen molar-refractivity contribution in [2.24, 2.45) is 0 Å². The average molecular weight is 382 g/mol. The molecule has 0 unspecified atom stereocenters. The smallest absolute Gasteiger partial charge is 0.398 e. The van der Waals surface area contributed by atoms with Gasteiger partial charge in [-0.15, -0.1) is 10.2 Å². The van der Waals surface area contributed by atoms with Gasteiger partial charge in [0.15, 0.2) is 21.5 Å². The van der Waals surface area contributed by atoms with Crippen LogP contribution in [0, 0.1) is 0 Å². The first kappa shape index (κ1) is 17.9. The number of nitrogens with zero attached hydrogens (tertiary/aromatic N) is 2. The van der Waals surface area contributed by atoms with Crippen LogP contribution in [0.2, 0.25) is 0 Å². The molecule has 10 heteroatoms. The average Bonchev–Trinajstić information content (AvgIpc) is 3.03. The number of halogens is 3. The Morgan fingerprint density at radius 3 is 2.15 bits per heavy atom. The molecule has 1 aromatic heterocycles. The molecule has 0 atom stereocenters. The lowest BCUT2D eigenvalue weighted by molar-refractivity contribution is -0.137. The summed E-state index contributed by atoms with van der Waals surface area (Å²) in [7, 11) is -3.32. The van der Waals surface area contributed by atoms with Crippen LogP contribution in [0.15, 0.2) is 47.4 Å². The number of nitrogen functional groups attached to an aromatic ring is 1. The number of hydrogen-bond donors (Lipinski definition) is 2. The first-order valence-corrected chi connectivity index (χ1v) is 9.15. The molecule has 3 rings (SSSR count). The van der Waals surface area contributed by atoms with Crippen molar-refractivity contribution < 1.29 is 21.6 Å². The van der Waals surface area contributed by atoms with Crippen molar-refractivity contribution in [2.45, 2.75) is 11.1 Å². The first-order chi connectivity index (χ1) is 12.1. The minimum absolute atomic E-state index is 0.0880. The number of nitrogens with two attached hydrogens (primary N) is 1. The number of H-pyrrole nitrogens is 1. The van der Waals surface area contributed by atoms with Gasteiger partial charge in [-0.25, -0.2) is 8.42 Å². The molecule has 1 heterocycles. The molecule has 0 aliphatic rings. The molecule has 2 aromatic carbocycles. The van der Waals surface area contributed by atoms with Gasteiger partial charge in [-0.05, 0) is 42.5 Å². The zero-order valence-electron chi connectivity index (χ0n) is 13.4. The molecular weight excluding hydrogens is 369 g/mol. The summed E-state index contributed by atoms with van der Waals surface area (Å²) in [5.74, 6) is 0.540. The number of benzene rings is 2. The summed E-state index contributed by atoms with van der Waals surface area (Å²) in [6, 6.07) is 8.93. The maximum atomic E-state index is 12.7. The Kier molecular flexibility index (Phi) is 4.23. The van der Waals surface area contributed by atoms with Crippen molar-refractivity contribution in [1.29, 1.82) is 0 Å². The molecule has 3 N–H and O–H groups in total. The fraction of sp³-hybridized carbons (Fsp3) is 0.125. The molecule has 0 saturated heterocycles. The van der Waals surface area contributed by atoms with Gasteiger partial charge in [0.2, 0.25) is 0 Å². The molecule has 0 fully saturated rings. The van der Waals surface area contributed by atoms with Crippen LogP contribution >= 0.6 is 0 Å². The normalized spacial score (nSPS) is 12.3. The summed E-state index contributed by atoms with van der Waals surface area (Å²) in [5.41, 5.74) is 5.62. The highest BCUT2D eigenvalue weighted by atomic mass is 32.2. The molecule has 6 nitrogen and oxygen atoms in total. The number of anilines is 1. The minimum Gasteiger partial charge on any atom is -0.398 e. The molecule has 0 amide bonds. The molecule has 0 aliphatic carbocycles.